The molecule has 2 atom stereocenters. The van der Waals surface area contributed by atoms with E-state index in [1.54, 1.807) is 12.1 Å². The number of nitrogens with zero attached hydrogens (tertiary/aromatic N) is 1. The molecule has 0 radical (unpaired) electrons. The SMILES string of the molecule is Cc1cc(C(=O)O)ccc1C(C)N(C)P. The fraction of sp³-hybridized carbons (Fsp3) is 0.364. The summed E-state index contributed by atoms with van der Waals surface area (Å²) in [5, 5.41) is 8.83. The molecule has 0 spiro atoms. The third-order valence-corrected chi connectivity index (χ3v) is 3.02. The van der Waals surface area contributed by atoms with Gasteiger partial charge in [-0.15, -0.1) is 0 Å². The minimum absolute atomic E-state index is 0.262. The zero-order valence-corrected chi connectivity index (χ0v) is 10.3. The van der Waals surface area contributed by atoms with E-state index in [1.165, 1.54) is 0 Å². The number of hydrogen-bond donors (Lipinski definition) is 1. The van der Waals surface area contributed by atoms with Crippen LogP contribution in [0.3, 0.4) is 0 Å². The van der Waals surface area contributed by atoms with Crippen molar-refractivity contribution in [3.63, 3.8) is 0 Å². The molecule has 0 aliphatic rings. The van der Waals surface area contributed by atoms with E-state index < -0.39 is 5.97 Å². The minimum Gasteiger partial charge on any atom is -0.478 e. The summed E-state index contributed by atoms with van der Waals surface area (Å²) in [6, 6.07) is 5.50. The Bertz CT molecular complexity index is 377. The second-order valence-electron chi connectivity index (χ2n) is 3.72. The number of hydrogen-bond acceptors (Lipinski definition) is 2. The smallest absolute Gasteiger partial charge is 0.335 e. The van der Waals surface area contributed by atoms with Crippen molar-refractivity contribution in [2.75, 3.05) is 7.05 Å². The Labute approximate surface area is 92.4 Å². The van der Waals surface area contributed by atoms with E-state index in [0.717, 1.165) is 11.1 Å². The molecule has 1 aromatic carbocycles. The summed E-state index contributed by atoms with van der Waals surface area (Å²) in [6.07, 6.45) is 0. The Balaban J connectivity index is 3.08. The number of carbonyl (C=O) groups is 1. The molecule has 82 valence electrons. The molecule has 4 heteroatoms. The number of aromatic carboxylic acids is 1. The van der Waals surface area contributed by atoms with Crippen molar-refractivity contribution >= 4 is 15.4 Å². The first-order chi connectivity index (χ1) is 6.93. The van der Waals surface area contributed by atoms with Gasteiger partial charge >= 0.3 is 5.97 Å². The Morgan fingerprint density at radius 2 is 2.13 bits per heavy atom. The monoisotopic (exact) mass is 225 g/mol. The van der Waals surface area contributed by atoms with Crippen LogP contribution in [-0.4, -0.2) is 22.8 Å². The number of carboxylic acid groups (broad SMARTS) is 1. The van der Waals surface area contributed by atoms with Crippen LogP contribution in [0, 0.1) is 6.92 Å². The average molecular weight is 225 g/mol. The highest BCUT2D eigenvalue weighted by atomic mass is 31.0. The lowest BCUT2D eigenvalue weighted by Gasteiger charge is -2.21. The van der Waals surface area contributed by atoms with Crippen LogP contribution >= 0.6 is 9.39 Å². The zero-order chi connectivity index (χ0) is 11.6. The van der Waals surface area contributed by atoms with Crippen molar-refractivity contribution in [2.45, 2.75) is 19.9 Å². The molecule has 1 aromatic rings. The molecule has 1 rings (SSSR count). The van der Waals surface area contributed by atoms with Crippen LogP contribution in [0.4, 0.5) is 0 Å². The first kappa shape index (κ1) is 12.2. The van der Waals surface area contributed by atoms with Gasteiger partial charge in [-0.05, 0) is 44.2 Å². The van der Waals surface area contributed by atoms with Crippen molar-refractivity contribution in [3.8, 4) is 0 Å². The van der Waals surface area contributed by atoms with Crippen molar-refractivity contribution in [2.24, 2.45) is 0 Å². The standard InChI is InChI=1S/C11H16NO2P/c1-7-6-9(11(13)14)4-5-10(7)8(2)12(3)15/h4-6,8H,15H2,1-3H3,(H,13,14). The van der Waals surface area contributed by atoms with Crippen LogP contribution in [0.5, 0.6) is 0 Å². The number of rotatable bonds is 3. The third-order valence-electron chi connectivity index (χ3n) is 2.58. The Morgan fingerprint density at radius 3 is 2.53 bits per heavy atom. The maximum absolute atomic E-state index is 10.8. The van der Waals surface area contributed by atoms with E-state index in [2.05, 4.69) is 16.3 Å². The molecular weight excluding hydrogens is 209 g/mol. The van der Waals surface area contributed by atoms with Crippen LogP contribution in [0.25, 0.3) is 0 Å². The number of carboxylic acids is 1. The van der Waals surface area contributed by atoms with Crippen molar-refractivity contribution in [3.05, 3.63) is 34.9 Å². The lowest BCUT2D eigenvalue weighted by Crippen LogP contribution is -2.12. The van der Waals surface area contributed by atoms with Crippen LogP contribution in [0.15, 0.2) is 18.2 Å². The van der Waals surface area contributed by atoms with E-state index in [1.807, 2.05) is 24.7 Å². The lowest BCUT2D eigenvalue weighted by molar-refractivity contribution is 0.0696. The molecule has 0 saturated carbocycles. The molecule has 0 saturated heterocycles. The van der Waals surface area contributed by atoms with Gasteiger partial charge in [0.1, 0.15) is 0 Å². The first-order valence-electron chi connectivity index (χ1n) is 4.75. The van der Waals surface area contributed by atoms with Gasteiger partial charge in [0, 0.05) is 6.04 Å². The largest absolute Gasteiger partial charge is 0.478 e. The molecule has 0 amide bonds. The summed E-state index contributed by atoms with van der Waals surface area (Å²) >= 11 is 0. The minimum atomic E-state index is -0.878. The molecule has 2 unspecified atom stereocenters. The molecule has 0 heterocycles. The van der Waals surface area contributed by atoms with E-state index >= 15 is 0 Å². The van der Waals surface area contributed by atoms with E-state index in [0.29, 0.717) is 5.56 Å². The van der Waals surface area contributed by atoms with Gasteiger partial charge in [0.2, 0.25) is 0 Å². The molecule has 3 nitrogen and oxygen atoms in total. The Morgan fingerprint density at radius 1 is 1.53 bits per heavy atom. The van der Waals surface area contributed by atoms with Gasteiger partial charge in [-0.2, -0.15) is 0 Å². The van der Waals surface area contributed by atoms with E-state index in [-0.39, 0.29) is 6.04 Å². The molecule has 1 N–H and O–H groups in total. The van der Waals surface area contributed by atoms with Gasteiger partial charge in [-0.1, -0.05) is 15.5 Å². The highest BCUT2D eigenvalue weighted by Crippen LogP contribution is 2.25. The van der Waals surface area contributed by atoms with Gasteiger partial charge < -0.3 is 5.11 Å². The first-order valence-corrected chi connectivity index (χ1v) is 5.26. The topological polar surface area (TPSA) is 40.5 Å². The van der Waals surface area contributed by atoms with Gasteiger partial charge in [-0.3, -0.25) is 4.67 Å². The van der Waals surface area contributed by atoms with Gasteiger partial charge in [0.05, 0.1) is 5.56 Å². The molecule has 15 heavy (non-hydrogen) atoms. The maximum atomic E-state index is 10.8. The fourth-order valence-corrected chi connectivity index (χ4v) is 1.66. The summed E-state index contributed by atoms with van der Waals surface area (Å²) in [6.45, 7) is 4.02. The Kier molecular flexibility index (Phi) is 3.83. The van der Waals surface area contributed by atoms with Crippen molar-refractivity contribution in [1.82, 2.24) is 4.67 Å². The zero-order valence-electron chi connectivity index (χ0n) is 9.19. The van der Waals surface area contributed by atoms with Crippen LogP contribution in [-0.2, 0) is 0 Å². The second-order valence-corrected chi connectivity index (χ2v) is 4.53. The molecule has 0 bridgehead atoms. The van der Waals surface area contributed by atoms with Crippen molar-refractivity contribution < 1.29 is 9.90 Å². The normalized spacial score (nSPS) is 12.9. The van der Waals surface area contributed by atoms with Crippen LogP contribution in [0.2, 0.25) is 0 Å². The molecular formula is C11H16NO2P. The second kappa shape index (κ2) is 4.73. The number of aryl methyl sites for hydroxylation is 1. The summed E-state index contributed by atoms with van der Waals surface area (Å²) in [7, 11) is 4.59. The number of benzene rings is 1. The average Bonchev–Trinajstić information content (AvgIpc) is 2.16. The van der Waals surface area contributed by atoms with Gasteiger partial charge in [0.15, 0.2) is 0 Å². The van der Waals surface area contributed by atoms with E-state index in [9.17, 15) is 4.79 Å². The van der Waals surface area contributed by atoms with E-state index in [4.69, 9.17) is 5.11 Å². The summed E-state index contributed by atoms with van der Waals surface area (Å²) in [5.74, 6) is -0.878. The lowest BCUT2D eigenvalue weighted by atomic mass is 10.00. The summed E-state index contributed by atoms with van der Waals surface area (Å²) < 4.78 is 2.02. The van der Waals surface area contributed by atoms with Gasteiger partial charge in [0.25, 0.3) is 0 Å². The van der Waals surface area contributed by atoms with Crippen molar-refractivity contribution in [1.29, 1.82) is 0 Å². The predicted molar refractivity (Wildman–Crippen MR) is 64.0 cm³/mol. The molecule has 0 aromatic heterocycles. The van der Waals surface area contributed by atoms with Crippen LogP contribution < -0.4 is 0 Å². The quantitative estimate of drug-likeness (QED) is 0.803. The predicted octanol–water partition coefficient (Wildman–Crippen LogP) is 2.48. The molecule has 0 aliphatic carbocycles. The highest BCUT2D eigenvalue weighted by Gasteiger charge is 2.12. The maximum Gasteiger partial charge on any atom is 0.335 e. The Hall–Kier alpha value is -0.920. The summed E-state index contributed by atoms with van der Waals surface area (Å²) in [4.78, 5) is 10.8. The molecule has 0 fully saturated rings. The summed E-state index contributed by atoms with van der Waals surface area (Å²) in [5.41, 5.74) is 2.50. The van der Waals surface area contributed by atoms with Crippen LogP contribution in [0.1, 0.15) is 34.5 Å². The third kappa shape index (κ3) is 2.77. The fourth-order valence-electron chi connectivity index (χ4n) is 1.50. The highest BCUT2D eigenvalue weighted by molar-refractivity contribution is 7.13. The van der Waals surface area contributed by atoms with Gasteiger partial charge in [-0.25, -0.2) is 4.79 Å². The molecule has 0 aliphatic heterocycles.